The molecule has 144 valence electrons. The number of guanidine groups is 1. The Kier molecular flexibility index (Phi) is 8.67. The first-order valence-electron chi connectivity index (χ1n) is 8.81. The number of benzene rings is 1. The molecule has 1 aromatic rings. The van der Waals surface area contributed by atoms with Gasteiger partial charge in [0, 0.05) is 45.3 Å². The molecule has 8 heteroatoms. The van der Waals surface area contributed by atoms with Crippen LogP contribution in [0.5, 0.6) is 0 Å². The molecule has 0 aromatic heterocycles. The van der Waals surface area contributed by atoms with Gasteiger partial charge in [-0.05, 0) is 17.7 Å². The van der Waals surface area contributed by atoms with Crippen molar-refractivity contribution >= 4 is 23.5 Å². The lowest BCUT2D eigenvalue weighted by Crippen LogP contribution is -2.46. The third kappa shape index (κ3) is 7.59. The summed E-state index contributed by atoms with van der Waals surface area (Å²) in [6, 6.07) is 7.59. The van der Waals surface area contributed by atoms with Crippen LogP contribution in [0.3, 0.4) is 0 Å². The lowest BCUT2D eigenvalue weighted by molar-refractivity contribution is -0.127. The van der Waals surface area contributed by atoms with Gasteiger partial charge in [-0.1, -0.05) is 23.7 Å². The van der Waals surface area contributed by atoms with E-state index < -0.39 is 0 Å². The molecule has 26 heavy (non-hydrogen) atoms. The number of hydrogen-bond acceptors (Lipinski definition) is 4. The number of hydrogen-bond donors (Lipinski definition) is 2. The number of ether oxygens (including phenoxy) is 1. The number of nitrogens with one attached hydrogen (secondary N) is 2. The van der Waals surface area contributed by atoms with Gasteiger partial charge in [-0.25, -0.2) is 4.99 Å². The van der Waals surface area contributed by atoms with Crippen LogP contribution in [-0.2, 0) is 16.1 Å². The molecule has 1 aliphatic rings. The van der Waals surface area contributed by atoms with Crippen LogP contribution in [0.15, 0.2) is 29.3 Å². The van der Waals surface area contributed by atoms with Gasteiger partial charge >= 0.3 is 0 Å². The van der Waals surface area contributed by atoms with Crippen molar-refractivity contribution in [2.75, 3.05) is 60.0 Å². The van der Waals surface area contributed by atoms with Gasteiger partial charge in [0.1, 0.15) is 0 Å². The molecule has 0 spiro atoms. The molecule has 1 saturated heterocycles. The molecular weight excluding hydrogens is 354 g/mol. The smallest absolute Gasteiger partial charge is 0.241 e. The molecule has 0 unspecified atom stereocenters. The number of nitrogens with zero attached hydrogens (tertiary/aromatic N) is 3. The fraction of sp³-hybridized carbons (Fsp3) is 0.556. The van der Waals surface area contributed by atoms with E-state index in [2.05, 4.69) is 20.5 Å². The summed E-state index contributed by atoms with van der Waals surface area (Å²) >= 11 is 5.91. The van der Waals surface area contributed by atoms with Crippen molar-refractivity contribution in [3.63, 3.8) is 0 Å². The zero-order chi connectivity index (χ0) is 18.8. The van der Waals surface area contributed by atoms with E-state index >= 15 is 0 Å². The Morgan fingerprint density at radius 3 is 2.58 bits per heavy atom. The minimum atomic E-state index is -0.000766. The number of morpholine rings is 1. The maximum absolute atomic E-state index is 11.8. The number of carbonyl (C=O) groups excluding carboxylic acids is 1. The van der Waals surface area contributed by atoms with Gasteiger partial charge in [0.15, 0.2) is 5.96 Å². The van der Waals surface area contributed by atoms with E-state index in [0.29, 0.717) is 17.5 Å². The number of likely N-dealkylation sites (N-methyl/N-ethyl adjacent to an activating group) is 1. The summed E-state index contributed by atoms with van der Waals surface area (Å²) in [5.74, 6) is 0.627. The summed E-state index contributed by atoms with van der Waals surface area (Å²) in [7, 11) is 3.47. The predicted molar refractivity (Wildman–Crippen MR) is 105 cm³/mol. The second-order valence-electron chi connectivity index (χ2n) is 6.31. The Labute approximate surface area is 160 Å². The Bertz CT molecular complexity index is 586. The molecule has 1 heterocycles. The van der Waals surface area contributed by atoms with Crippen LogP contribution in [0.2, 0.25) is 5.02 Å². The summed E-state index contributed by atoms with van der Waals surface area (Å²) in [5, 5.41) is 7.11. The highest BCUT2D eigenvalue weighted by molar-refractivity contribution is 6.30. The molecule has 7 nitrogen and oxygen atoms in total. The van der Waals surface area contributed by atoms with Gasteiger partial charge in [-0.3, -0.25) is 9.69 Å². The molecule has 2 N–H and O–H groups in total. The molecule has 0 saturated carbocycles. The van der Waals surface area contributed by atoms with Crippen molar-refractivity contribution in [1.29, 1.82) is 0 Å². The normalized spacial score (nSPS) is 15.6. The van der Waals surface area contributed by atoms with Crippen LogP contribution >= 0.6 is 11.6 Å². The van der Waals surface area contributed by atoms with Crippen LogP contribution < -0.4 is 10.6 Å². The number of halogens is 1. The highest BCUT2D eigenvalue weighted by atomic mass is 35.5. The number of amides is 1. The molecular formula is C18H28ClN5O2. The number of aliphatic imine (C=N–C) groups is 1. The molecule has 0 radical (unpaired) electrons. The lowest BCUT2D eigenvalue weighted by Gasteiger charge is -2.26. The molecule has 1 fully saturated rings. The lowest BCUT2D eigenvalue weighted by atomic mass is 10.2. The molecule has 0 aliphatic carbocycles. The molecule has 1 amide bonds. The van der Waals surface area contributed by atoms with E-state index in [1.807, 2.05) is 24.3 Å². The largest absolute Gasteiger partial charge is 0.379 e. The number of rotatable bonds is 7. The van der Waals surface area contributed by atoms with E-state index in [1.165, 1.54) is 0 Å². The highest BCUT2D eigenvalue weighted by Crippen LogP contribution is 2.10. The minimum absolute atomic E-state index is 0.000766. The van der Waals surface area contributed by atoms with Gasteiger partial charge in [0.25, 0.3) is 0 Å². The molecule has 0 bridgehead atoms. The first-order chi connectivity index (χ1) is 12.5. The van der Waals surface area contributed by atoms with Crippen molar-refractivity contribution in [2.45, 2.75) is 6.54 Å². The number of carbonyl (C=O) groups is 1. The summed E-state index contributed by atoms with van der Waals surface area (Å²) in [6.07, 6.45) is 0. The quantitative estimate of drug-likeness (QED) is 0.540. The Balaban J connectivity index is 1.87. The van der Waals surface area contributed by atoms with Crippen molar-refractivity contribution in [1.82, 2.24) is 20.4 Å². The Hall–Kier alpha value is -1.83. The van der Waals surface area contributed by atoms with Gasteiger partial charge in [0.05, 0.1) is 26.3 Å². The van der Waals surface area contributed by atoms with Gasteiger partial charge in [0.2, 0.25) is 5.91 Å². The fourth-order valence-corrected chi connectivity index (χ4v) is 2.54. The third-order valence-electron chi connectivity index (χ3n) is 4.06. The minimum Gasteiger partial charge on any atom is -0.379 e. The van der Waals surface area contributed by atoms with Crippen molar-refractivity contribution in [2.24, 2.45) is 4.99 Å². The van der Waals surface area contributed by atoms with Gasteiger partial charge < -0.3 is 20.3 Å². The summed E-state index contributed by atoms with van der Waals surface area (Å²) in [4.78, 5) is 20.3. The van der Waals surface area contributed by atoms with Gasteiger partial charge in [-0.2, -0.15) is 0 Å². The summed E-state index contributed by atoms with van der Waals surface area (Å²) < 4.78 is 5.36. The standard InChI is InChI=1S/C18H28ClN5O2/c1-23(2)17(25)14-22-18(20-7-8-24-9-11-26-12-10-24)21-13-15-3-5-16(19)6-4-15/h3-6H,7-14H2,1-2H3,(H2,20,21,22). The first kappa shape index (κ1) is 20.5. The van der Waals surface area contributed by atoms with E-state index in [9.17, 15) is 4.79 Å². The zero-order valence-corrected chi connectivity index (χ0v) is 16.3. The molecule has 2 rings (SSSR count). The predicted octanol–water partition coefficient (Wildman–Crippen LogP) is 0.796. The van der Waals surface area contributed by atoms with Crippen LogP contribution in [-0.4, -0.2) is 81.7 Å². The maximum Gasteiger partial charge on any atom is 0.241 e. The molecule has 1 aromatic carbocycles. The van der Waals surface area contributed by atoms with Crippen LogP contribution in [0, 0.1) is 0 Å². The van der Waals surface area contributed by atoms with Crippen LogP contribution in [0.25, 0.3) is 0 Å². The SMILES string of the molecule is CN(C)C(=O)CNC(=NCc1ccc(Cl)cc1)NCCN1CCOCC1. The van der Waals surface area contributed by atoms with E-state index in [-0.39, 0.29) is 12.5 Å². The summed E-state index contributed by atoms with van der Waals surface area (Å²) in [6.45, 7) is 5.85. The monoisotopic (exact) mass is 381 g/mol. The van der Waals surface area contributed by atoms with E-state index in [0.717, 1.165) is 45.0 Å². The van der Waals surface area contributed by atoms with Crippen molar-refractivity contribution < 1.29 is 9.53 Å². The Morgan fingerprint density at radius 1 is 1.23 bits per heavy atom. The van der Waals surface area contributed by atoms with Crippen molar-refractivity contribution in [3.05, 3.63) is 34.9 Å². The average molecular weight is 382 g/mol. The maximum atomic E-state index is 11.8. The van der Waals surface area contributed by atoms with E-state index in [4.69, 9.17) is 16.3 Å². The van der Waals surface area contributed by atoms with E-state index in [1.54, 1.807) is 19.0 Å². The van der Waals surface area contributed by atoms with Crippen LogP contribution in [0.1, 0.15) is 5.56 Å². The van der Waals surface area contributed by atoms with Gasteiger partial charge in [-0.15, -0.1) is 0 Å². The molecule has 0 atom stereocenters. The molecule has 1 aliphatic heterocycles. The third-order valence-corrected chi connectivity index (χ3v) is 4.32. The fourth-order valence-electron chi connectivity index (χ4n) is 2.41. The highest BCUT2D eigenvalue weighted by Gasteiger charge is 2.10. The van der Waals surface area contributed by atoms with Crippen LogP contribution in [0.4, 0.5) is 0 Å². The average Bonchev–Trinajstić information content (AvgIpc) is 2.65. The summed E-state index contributed by atoms with van der Waals surface area (Å²) in [5.41, 5.74) is 1.06. The first-order valence-corrected chi connectivity index (χ1v) is 9.19. The Morgan fingerprint density at radius 2 is 1.92 bits per heavy atom. The second kappa shape index (κ2) is 11.0. The second-order valence-corrected chi connectivity index (χ2v) is 6.75. The zero-order valence-electron chi connectivity index (χ0n) is 15.5. The topological polar surface area (TPSA) is 69.2 Å². The van der Waals surface area contributed by atoms with Crippen molar-refractivity contribution in [3.8, 4) is 0 Å².